The van der Waals surface area contributed by atoms with Crippen LogP contribution in [0, 0.1) is 17.2 Å². The highest BCUT2D eigenvalue weighted by Crippen LogP contribution is 2.27. The average molecular weight is 409 g/mol. The first-order valence-corrected chi connectivity index (χ1v) is 10.2. The van der Waals surface area contributed by atoms with Gasteiger partial charge in [0.25, 0.3) is 0 Å². The van der Waals surface area contributed by atoms with Gasteiger partial charge in [-0.25, -0.2) is 0 Å². The third-order valence-corrected chi connectivity index (χ3v) is 5.21. The van der Waals surface area contributed by atoms with E-state index in [1.807, 2.05) is 54.0 Å². The van der Waals surface area contributed by atoms with Crippen LogP contribution in [0.1, 0.15) is 32.5 Å². The molecule has 1 aliphatic rings. The molecule has 0 radical (unpaired) electrons. The first-order valence-electron chi connectivity index (χ1n) is 10.2. The second-order valence-corrected chi connectivity index (χ2v) is 7.02. The van der Waals surface area contributed by atoms with E-state index in [0.29, 0.717) is 37.0 Å². The summed E-state index contributed by atoms with van der Waals surface area (Å²) in [5.74, 6) is 1.38. The number of para-hydroxylation sites is 2. The summed E-state index contributed by atoms with van der Waals surface area (Å²) in [5.41, 5.74) is 0.689. The molecule has 0 aliphatic carbocycles. The molecule has 1 N–H and O–H groups in total. The molecule has 2 aromatic rings. The fourth-order valence-corrected chi connectivity index (χ4v) is 3.63. The van der Waals surface area contributed by atoms with Crippen molar-refractivity contribution in [2.45, 2.75) is 26.7 Å². The molecule has 1 aromatic heterocycles. The lowest BCUT2D eigenvalue weighted by atomic mass is 9.96. The predicted octanol–water partition coefficient (Wildman–Crippen LogP) is 2.58. The summed E-state index contributed by atoms with van der Waals surface area (Å²) in [6.07, 6.45) is 1.70. The van der Waals surface area contributed by atoms with Crippen molar-refractivity contribution in [2.75, 3.05) is 43.5 Å². The largest absolute Gasteiger partial charge is 0.495 e. The summed E-state index contributed by atoms with van der Waals surface area (Å²) in [5, 5.41) is 12.5. The maximum Gasteiger partial charge on any atom is 0.238 e. The van der Waals surface area contributed by atoms with Gasteiger partial charge < -0.3 is 19.9 Å². The summed E-state index contributed by atoms with van der Waals surface area (Å²) < 4.78 is 5.35. The van der Waals surface area contributed by atoms with Crippen molar-refractivity contribution in [2.24, 2.45) is 5.92 Å². The fraction of sp³-hybridized carbons (Fsp3) is 0.476. The van der Waals surface area contributed by atoms with E-state index in [2.05, 4.69) is 20.3 Å². The van der Waals surface area contributed by atoms with Crippen molar-refractivity contribution in [1.29, 1.82) is 5.26 Å². The topological polar surface area (TPSA) is 107 Å². The molecule has 1 unspecified atom stereocenters. The molecule has 1 saturated heterocycles. The summed E-state index contributed by atoms with van der Waals surface area (Å²) >= 11 is 0. The van der Waals surface area contributed by atoms with Crippen LogP contribution in [0.2, 0.25) is 0 Å². The van der Waals surface area contributed by atoms with Crippen LogP contribution >= 0.6 is 0 Å². The van der Waals surface area contributed by atoms with Gasteiger partial charge in [-0.1, -0.05) is 12.1 Å². The molecule has 3 rings (SSSR count). The molecular formula is C21H27N7O2. The van der Waals surface area contributed by atoms with E-state index in [-0.39, 0.29) is 23.6 Å². The smallest absolute Gasteiger partial charge is 0.238 e. The van der Waals surface area contributed by atoms with Gasteiger partial charge in [0.15, 0.2) is 0 Å². The van der Waals surface area contributed by atoms with E-state index < -0.39 is 0 Å². The normalized spacial score (nSPS) is 15.9. The molecule has 9 heteroatoms. The highest BCUT2D eigenvalue weighted by Gasteiger charge is 2.30. The van der Waals surface area contributed by atoms with Gasteiger partial charge in [0, 0.05) is 26.2 Å². The number of nitrogens with one attached hydrogen (secondary N) is 1. The van der Waals surface area contributed by atoms with Crippen molar-refractivity contribution in [3.8, 4) is 11.8 Å². The first-order chi connectivity index (χ1) is 14.6. The Morgan fingerprint density at radius 1 is 1.30 bits per heavy atom. The predicted molar refractivity (Wildman–Crippen MR) is 114 cm³/mol. The van der Waals surface area contributed by atoms with E-state index in [4.69, 9.17) is 4.74 Å². The number of benzene rings is 1. The van der Waals surface area contributed by atoms with Crippen molar-refractivity contribution in [1.82, 2.24) is 19.9 Å². The number of hydrogen-bond donors (Lipinski definition) is 1. The molecule has 1 atom stereocenters. The van der Waals surface area contributed by atoms with Gasteiger partial charge in [0.05, 0.1) is 18.7 Å². The Balaban J connectivity index is 1.84. The maximum absolute atomic E-state index is 12.8. The Morgan fingerprint density at radius 3 is 2.77 bits per heavy atom. The molecule has 158 valence electrons. The van der Waals surface area contributed by atoms with Gasteiger partial charge >= 0.3 is 0 Å². The quantitative estimate of drug-likeness (QED) is 0.743. The number of carbonyl (C=O) groups is 1. The standard InChI is InChI=1S/C21H27N7O2/c1-4-27(5-2)19(29)15-9-8-12-28(14-15)21-25-18(13-22)24-20(26-21)23-16-10-6-7-11-17(16)30-3/h6-7,10-11,15H,4-5,8-9,12,14H2,1-3H3,(H,23,24,25,26). The Hall–Kier alpha value is -3.41. The van der Waals surface area contributed by atoms with E-state index in [0.717, 1.165) is 19.4 Å². The molecule has 1 aliphatic heterocycles. The highest BCUT2D eigenvalue weighted by molar-refractivity contribution is 5.79. The molecule has 1 fully saturated rings. The maximum atomic E-state index is 12.8. The van der Waals surface area contributed by atoms with Gasteiger partial charge in [-0.2, -0.15) is 20.2 Å². The molecule has 1 aromatic carbocycles. The van der Waals surface area contributed by atoms with Crippen LogP contribution in [-0.4, -0.2) is 59.0 Å². The molecule has 0 saturated carbocycles. The van der Waals surface area contributed by atoms with Gasteiger partial charge in [0.1, 0.15) is 11.8 Å². The van der Waals surface area contributed by atoms with E-state index in [1.54, 1.807) is 7.11 Å². The minimum Gasteiger partial charge on any atom is -0.495 e. The van der Waals surface area contributed by atoms with Crippen LogP contribution in [0.3, 0.4) is 0 Å². The monoisotopic (exact) mass is 409 g/mol. The zero-order valence-electron chi connectivity index (χ0n) is 17.6. The van der Waals surface area contributed by atoms with Gasteiger partial charge in [-0.05, 0) is 38.8 Å². The highest BCUT2D eigenvalue weighted by atomic mass is 16.5. The molecular weight excluding hydrogens is 382 g/mol. The lowest BCUT2D eigenvalue weighted by Crippen LogP contribution is -2.45. The molecule has 9 nitrogen and oxygen atoms in total. The lowest BCUT2D eigenvalue weighted by Gasteiger charge is -2.34. The summed E-state index contributed by atoms with van der Waals surface area (Å²) in [7, 11) is 1.58. The van der Waals surface area contributed by atoms with Crippen molar-refractivity contribution in [3.05, 3.63) is 30.1 Å². The number of carbonyl (C=O) groups excluding carboxylic acids is 1. The number of amides is 1. The van der Waals surface area contributed by atoms with Crippen molar-refractivity contribution >= 4 is 23.5 Å². The summed E-state index contributed by atoms with van der Waals surface area (Å²) in [6.45, 7) is 6.63. The third kappa shape index (κ3) is 4.76. The van der Waals surface area contributed by atoms with E-state index in [9.17, 15) is 10.1 Å². The summed E-state index contributed by atoms with van der Waals surface area (Å²) in [6, 6.07) is 9.39. The zero-order chi connectivity index (χ0) is 21.5. The molecule has 2 heterocycles. The number of methoxy groups -OCH3 is 1. The van der Waals surface area contributed by atoms with Gasteiger partial charge in [-0.3, -0.25) is 4.79 Å². The number of anilines is 3. The minimum atomic E-state index is -0.105. The molecule has 0 spiro atoms. The SMILES string of the molecule is CCN(CC)C(=O)C1CCCN(c2nc(C#N)nc(Nc3ccccc3OC)n2)C1. The molecule has 1 amide bonds. The molecule has 30 heavy (non-hydrogen) atoms. The van der Waals surface area contributed by atoms with Crippen molar-refractivity contribution in [3.63, 3.8) is 0 Å². The number of hydrogen-bond acceptors (Lipinski definition) is 8. The summed E-state index contributed by atoms with van der Waals surface area (Å²) in [4.78, 5) is 29.6. The van der Waals surface area contributed by atoms with Gasteiger partial charge in [-0.15, -0.1) is 0 Å². The number of nitrogens with zero attached hydrogens (tertiary/aromatic N) is 6. The minimum absolute atomic E-state index is 0.0228. The third-order valence-electron chi connectivity index (χ3n) is 5.21. The number of aromatic nitrogens is 3. The van der Waals surface area contributed by atoms with Crippen LogP contribution in [0.25, 0.3) is 0 Å². The Bertz CT molecular complexity index is 924. The van der Waals surface area contributed by atoms with E-state index >= 15 is 0 Å². The van der Waals surface area contributed by atoms with Crippen LogP contribution in [0.15, 0.2) is 24.3 Å². The molecule has 0 bridgehead atoms. The van der Waals surface area contributed by atoms with Crippen LogP contribution in [-0.2, 0) is 4.79 Å². The lowest BCUT2D eigenvalue weighted by molar-refractivity contribution is -0.135. The number of nitriles is 1. The average Bonchev–Trinajstić information content (AvgIpc) is 2.80. The van der Waals surface area contributed by atoms with Gasteiger partial charge in [0.2, 0.25) is 23.6 Å². The second kappa shape index (κ2) is 9.87. The van der Waals surface area contributed by atoms with Crippen LogP contribution in [0.5, 0.6) is 5.75 Å². The number of piperidine rings is 1. The second-order valence-electron chi connectivity index (χ2n) is 7.02. The number of ether oxygens (including phenoxy) is 1. The zero-order valence-corrected chi connectivity index (χ0v) is 17.6. The fourth-order valence-electron chi connectivity index (χ4n) is 3.63. The number of rotatable bonds is 7. The van der Waals surface area contributed by atoms with Crippen LogP contribution in [0.4, 0.5) is 17.6 Å². The van der Waals surface area contributed by atoms with Crippen LogP contribution < -0.4 is 15.0 Å². The first kappa shape index (κ1) is 21.3. The Labute approximate surface area is 176 Å². The van der Waals surface area contributed by atoms with E-state index in [1.165, 1.54) is 0 Å². The Morgan fingerprint density at radius 2 is 2.07 bits per heavy atom. The van der Waals surface area contributed by atoms with Crippen molar-refractivity contribution < 1.29 is 9.53 Å². The Kier molecular flexibility index (Phi) is 7.01.